The highest BCUT2D eigenvalue weighted by Gasteiger charge is 2.27. The lowest BCUT2D eigenvalue weighted by Gasteiger charge is -2.41. The molecule has 0 aliphatic carbocycles. The summed E-state index contributed by atoms with van der Waals surface area (Å²) in [6.07, 6.45) is 3.28. The van der Waals surface area contributed by atoms with Gasteiger partial charge in [0.25, 0.3) is 0 Å². The van der Waals surface area contributed by atoms with Crippen LogP contribution in [0.25, 0.3) is 0 Å². The third kappa shape index (κ3) is 3.92. The van der Waals surface area contributed by atoms with Crippen LogP contribution >= 0.6 is 0 Å². The fraction of sp³-hybridized carbons (Fsp3) is 0.529. The molecule has 1 aromatic carbocycles. The van der Waals surface area contributed by atoms with Crippen LogP contribution in [0.15, 0.2) is 43.0 Å². The Morgan fingerprint density at radius 3 is 2.74 bits per heavy atom. The van der Waals surface area contributed by atoms with E-state index in [1.165, 1.54) is 12.0 Å². The van der Waals surface area contributed by atoms with Crippen molar-refractivity contribution in [3.05, 3.63) is 48.6 Å². The lowest BCUT2D eigenvalue weighted by Crippen LogP contribution is -2.53. The molecule has 19 heavy (non-hydrogen) atoms. The number of piperazine rings is 1. The zero-order chi connectivity index (χ0) is 13.7. The van der Waals surface area contributed by atoms with Crippen molar-refractivity contribution < 1.29 is 0 Å². The van der Waals surface area contributed by atoms with E-state index in [0.717, 1.165) is 25.6 Å². The maximum atomic E-state index is 3.90. The fourth-order valence-electron chi connectivity index (χ4n) is 2.93. The van der Waals surface area contributed by atoms with E-state index >= 15 is 0 Å². The first-order chi connectivity index (χ1) is 9.20. The van der Waals surface area contributed by atoms with Gasteiger partial charge in [0.2, 0.25) is 0 Å². The molecule has 1 aliphatic rings. The second-order valence-electron chi connectivity index (χ2n) is 5.90. The molecular weight excluding hydrogens is 232 g/mol. The molecule has 104 valence electrons. The van der Waals surface area contributed by atoms with Crippen LogP contribution in [0.3, 0.4) is 0 Å². The minimum atomic E-state index is 0.449. The summed E-state index contributed by atoms with van der Waals surface area (Å²) >= 11 is 0. The summed E-state index contributed by atoms with van der Waals surface area (Å²) in [7, 11) is 0. The van der Waals surface area contributed by atoms with Gasteiger partial charge < -0.3 is 5.32 Å². The van der Waals surface area contributed by atoms with E-state index in [1.807, 2.05) is 6.08 Å². The van der Waals surface area contributed by atoms with Gasteiger partial charge in [-0.25, -0.2) is 0 Å². The third-order valence-corrected chi connectivity index (χ3v) is 3.84. The van der Waals surface area contributed by atoms with Crippen LogP contribution in [-0.4, -0.2) is 30.6 Å². The van der Waals surface area contributed by atoms with Crippen LogP contribution in [0.4, 0.5) is 0 Å². The van der Waals surface area contributed by atoms with E-state index in [0.29, 0.717) is 12.1 Å². The molecule has 2 atom stereocenters. The van der Waals surface area contributed by atoms with E-state index in [1.54, 1.807) is 0 Å². The van der Waals surface area contributed by atoms with E-state index in [-0.39, 0.29) is 0 Å². The van der Waals surface area contributed by atoms with Gasteiger partial charge in [-0.05, 0) is 17.9 Å². The summed E-state index contributed by atoms with van der Waals surface area (Å²) in [5.41, 5.74) is 1.39. The summed E-state index contributed by atoms with van der Waals surface area (Å²) in [6.45, 7) is 11.6. The summed E-state index contributed by atoms with van der Waals surface area (Å²) in [4.78, 5) is 2.57. The molecule has 0 bridgehead atoms. The van der Waals surface area contributed by atoms with Gasteiger partial charge in [0.05, 0.1) is 0 Å². The largest absolute Gasteiger partial charge is 0.307 e. The average Bonchev–Trinajstić information content (AvgIpc) is 2.41. The lowest BCUT2D eigenvalue weighted by molar-refractivity contribution is 0.128. The first-order valence-corrected chi connectivity index (χ1v) is 7.34. The molecule has 0 aromatic heterocycles. The van der Waals surface area contributed by atoms with Gasteiger partial charge in [0, 0.05) is 31.7 Å². The Morgan fingerprint density at radius 2 is 2.11 bits per heavy atom. The van der Waals surface area contributed by atoms with Gasteiger partial charge in [0.1, 0.15) is 0 Å². The molecule has 2 heteroatoms. The molecule has 1 fully saturated rings. The molecule has 1 heterocycles. The third-order valence-electron chi connectivity index (χ3n) is 3.84. The number of nitrogens with one attached hydrogen (secondary N) is 1. The topological polar surface area (TPSA) is 15.3 Å². The highest BCUT2D eigenvalue weighted by molar-refractivity contribution is 5.20. The Labute approximate surface area is 117 Å². The second-order valence-corrected chi connectivity index (χ2v) is 5.90. The van der Waals surface area contributed by atoms with Crippen LogP contribution in [0.5, 0.6) is 0 Å². The fourth-order valence-corrected chi connectivity index (χ4v) is 2.93. The van der Waals surface area contributed by atoms with Crippen LogP contribution in [0.1, 0.15) is 31.9 Å². The molecular formula is C17H26N2. The summed E-state index contributed by atoms with van der Waals surface area (Å²) < 4.78 is 0. The Hall–Kier alpha value is -1.12. The van der Waals surface area contributed by atoms with E-state index in [9.17, 15) is 0 Å². The Balaban J connectivity index is 2.03. The van der Waals surface area contributed by atoms with Crippen LogP contribution in [0, 0.1) is 5.92 Å². The van der Waals surface area contributed by atoms with Gasteiger partial charge in [0.15, 0.2) is 0 Å². The number of rotatable bonds is 5. The zero-order valence-electron chi connectivity index (χ0n) is 12.2. The highest BCUT2D eigenvalue weighted by atomic mass is 15.2. The van der Waals surface area contributed by atoms with Crippen molar-refractivity contribution in [2.75, 3.05) is 19.6 Å². The zero-order valence-corrected chi connectivity index (χ0v) is 12.2. The summed E-state index contributed by atoms with van der Waals surface area (Å²) in [5, 5.41) is 3.70. The van der Waals surface area contributed by atoms with Crippen molar-refractivity contribution in [2.24, 2.45) is 5.92 Å². The number of hydrogen-bond acceptors (Lipinski definition) is 2. The van der Waals surface area contributed by atoms with Gasteiger partial charge in [-0.2, -0.15) is 0 Å². The maximum Gasteiger partial charge on any atom is 0.0450 e. The SMILES string of the molecule is C=CCN1CC(c2ccccc2)NCC1CC(C)C. The van der Waals surface area contributed by atoms with Crippen molar-refractivity contribution in [3.63, 3.8) is 0 Å². The van der Waals surface area contributed by atoms with Gasteiger partial charge in [-0.15, -0.1) is 6.58 Å². The van der Waals surface area contributed by atoms with Gasteiger partial charge in [-0.3, -0.25) is 4.90 Å². The predicted molar refractivity (Wildman–Crippen MR) is 82.2 cm³/mol. The summed E-state index contributed by atoms with van der Waals surface area (Å²) in [5.74, 6) is 0.743. The first-order valence-electron chi connectivity index (χ1n) is 7.34. The highest BCUT2D eigenvalue weighted by Crippen LogP contribution is 2.22. The standard InChI is InChI=1S/C17H26N2/c1-4-10-19-13-17(15-8-6-5-7-9-15)18-12-16(19)11-14(2)3/h4-9,14,16-18H,1,10-13H2,2-3H3. The quantitative estimate of drug-likeness (QED) is 0.816. The van der Waals surface area contributed by atoms with Crippen LogP contribution in [0.2, 0.25) is 0 Å². The molecule has 0 amide bonds. The molecule has 0 saturated carbocycles. The van der Waals surface area contributed by atoms with Crippen molar-refractivity contribution in [1.82, 2.24) is 10.2 Å². The molecule has 1 aliphatic heterocycles. The summed E-state index contributed by atoms with van der Waals surface area (Å²) in [6, 6.07) is 11.8. The lowest BCUT2D eigenvalue weighted by atomic mass is 9.96. The molecule has 2 unspecified atom stereocenters. The molecule has 1 saturated heterocycles. The molecule has 0 radical (unpaired) electrons. The Bertz CT molecular complexity index is 386. The number of nitrogens with zero attached hydrogens (tertiary/aromatic N) is 1. The predicted octanol–water partition coefficient (Wildman–Crippen LogP) is 3.23. The van der Waals surface area contributed by atoms with Crippen molar-refractivity contribution in [1.29, 1.82) is 0 Å². The van der Waals surface area contributed by atoms with Crippen molar-refractivity contribution in [3.8, 4) is 0 Å². The van der Waals surface area contributed by atoms with Crippen LogP contribution < -0.4 is 5.32 Å². The molecule has 0 spiro atoms. The maximum absolute atomic E-state index is 3.90. The second kappa shape index (κ2) is 6.88. The number of hydrogen-bond donors (Lipinski definition) is 1. The molecule has 1 aromatic rings. The minimum absolute atomic E-state index is 0.449. The van der Waals surface area contributed by atoms with Gasteiger partial charge >= 0.3 is 0 Å². The van der Waals surface area contributed by atoms with E-state index < -0.39 is 0 Å². The Kier molecular flexibility index (Phi) is 5.17. The van der Waals surface area contributed by atoms with Crippen molar-refractivity contribution in [2.45, 2.75) is 32.4 Å². The molecule has 2 rings (SSSR count). The first kappa shape index (κ1) is 14.3. The van der Waals surface area contributed by atoms with Crippen molar-refractivity contribution >= 4 is 0 Å². The monoisotopic (exact) mass is 258 g/mol. The van der Waals surface area contributed by atoms with E-state index in [2.05, 4.69) is 61.0 Å². The number of benzene rings is 1. The normalized spacial score (nSPS) is 24.6. The minimum Gasteiger partial charge on any atom is -0.307 e. The van der Waals surface area contributed by atoms with Crippen LogP contribution in [-0.2, 0) is 0 Å². The van der Waals surface area contributed by atoms with E-state index in [4.69, 9.17) is 0 Å². The Morgan fingerprint density at radius 1 is 1.37 bits per heavy atom. The smallest absolute Gasteiger partial charge is 0.0450 e. The average molecular weight is 258 g/mol. The molecule has 2 nitrogen and oxygen atoms in total. The van der Waals surface area contributed by atoms with Gasteiger partial charge in [-0.1, -0.05) is 50.3 Å². The molecule has 1 N–H and O–H groups in total.